The predicted molar refractivity (Wildman–Crippen MR) is 113 cm³/mol. The van der Waals surface area contributed by atoms with Gasteiger partial charge in [-0.15, -0.1) is 11.3 Å². The molecule has 1 aliphatic heterocycles. The topological polar surface area (TPSA) is 49.4 Å². The van der Waals surface area contributed by atoms with E-state index in [4.69, 9.17) is 0 Å². The van der Waals surface area contributed by atoms with Gasteiger partial charge in [0, 0.05) is 42.4 Å². The van der Waals surface area contributed by atoms with Crippen molar-refractivity contribution < 1.29 is 18.4 Å². The molecule has 0 saturated heterocycles. The SMILES string of the molecule is O=C(CCC(=O)N1CCc2sccc2C1)Nc1c(F)cc(F)cc1-c1ccccc1. The Morgan fingerprint density at radius 2 is 1.87 bits per heavy atom. The van der Waals surface area contributed by atoms with Gasteiger partial charge >= 0.3 is 0 Å². The van der Waals surface area contributed by atoms with Crippen molar-refractivity contribution in [3.05, 3.63) is 76.0 Å². The molecule has 0 spiro atoms. The van der Waals surface area contributed by atoms with Crippen LogP contribution in [-0.4, -0.2) is 23.3 Å². The summed E-state index contributed by atoms with van der Waals surface area (Å²) in [6.07, 6.45) is 0.790. The maximum atomic E-state index is 14.4. The van der Waals surface area contributed by atoms with Crippen molar-refractivity contribution in [1.29, 1.82) is 0 Å². The lowest BCUT2D eigenvalue weighted by Crippen LogP contribution is -2.35. The number of anilines is 1. The summed E-state index contributed by atoms with van der Waals surface area (Å²) in [6, 6.07) is 12.7. The average molecular weight is 426 g/mol. The van der Waals surface area contributed by atoms with E-state index >= 15 is 0 Å². The highest BCUT2D eigenvalue weighted by molar-refractivity contribution is 7.10. The molecule has 7 heteroatoms. The van der Waals surface area contributed by atoms with Crippen molar-refractivity contribution in [2.45, 2.75) is 25.8 Å². The molecule has 1 aromatic heterocycles. The van der Waals surface area contributed by atoms with Crippen LogP contribution in [0.2, 0.25) is 0 Å². The number of carbonyl (C=O) groups excluding carboxylic acids is 2. The second-order valence-electron chi connectivity index (χ2n) is 7.16. The second kappa shape index (κ2) is 8.75. The smallest absolute Gasteiger partial charge is 0.224 e. The fraction of sp³-hybridized carbons (Fsp3) is 0.217. The number of nitrogens with zero attached hydrogens (tertiary/aromatic N) is 1. The van der Waals surface area contributed by atoms with Crippen LogP contribution >= 0.6 is 11.3 Å². The van der Waals surface area contributed by atoms with E-state index in [0.717, 1.165) is 18.1 Å². The van der Waals surface area contributed by atoms with E-state index in [-0.39, 0.29) is 30.0 Å². The number of nitrogens with one attached hydrogen (secondary N) is 1. The highest BCUT2D eigenvalue weighted by Gasteiger charge is 2.22. The monoisotopic (exact) mass is 426 g/mol. The molecule has 4 nitrogen and oxygen atoms in total. The molecular formula is C23H20F2N2O2S. The second-order valence-corrected chi connectivity index (χ2v) is 8.16. The molecule has 0 atom stereocenters. The lowest BCUT2D eigenvalue weighted by atomic mass is 10.0. The molecule has 0 radical (unpaired) electrons. The number of hydrogen-bond donors (Lipinski definition) is 1. The Bertz CT molecular complexity index is 1080. The summed E-state index contributed by atoms with van der Waals surface area (Å²) in [6.45, 7) is 1.20. The highest BCUT2D eigenvalue weighted by atomic mass is 32.1. The highest BCUT2D eigenvalue weighted by Crippen LogP contribution is 2.31. The number of benzene rings is 2. The Balaban J connectivity index is 1.42. The third kappa shape index (κ3) is 4.41. The molecule has 2 amide bonds. The van der Waals surface area contributed by atoms with Gasteiger partial charge in [-0.3, -0.25) is 9.59 Å². The first-order chi connectivity index (χ1) is 14.5. The fourth-order valence-corrected chi connectivity index (χ4v) is 4.48. The largest absolute Gasteiger partial charge is 0.338 e. The average Bonchev–Trinajstić information content (AvgIpc) is 3.22. The molecule has 4 rings (SSSR count). The summed E-state index contributed by atoms with van der Waals surface area (Å²) in [5.74, 6) is -2.17. The van der Waals surface area contributed by atoms with Crippen LogP contribution in [0.25, 0.3) is 11.1 Å². The first-order valence-electron chi connectivity index (χ1n) is 9.68. The minimum absolute atomic E-state index is 0.0365. The van der Waals surface area contributed by atoms with Gasteiger partial charge in [-0.05, 0) is 35.1 Å². The van der Waals surface area contributed by atoms with Gasteiger partial charge in [0.25, 0.3) is 0 Å². The predicted octanol–water partition coefficient (Wildman–Crippen LogP) is 5.00. The van der Waals surface area contributed by atoms with Gasteiger partial charge in [-0.1, -0.05) is 30.3 Å². The van der Waals surface area contributed by atoms with E-state index in [1.165, 1.54) is 10.9 Å². The molecule has 0 saturated carbocycles. The number of carbonyl (C=O) groups is 2. The van der Waals surface area contributed by atoms with Gasteiger partial charge < -0.3 is 10.2 Å². The van der Waals surface area contributed by atoms with E-state index in [0.29, 0.717) is 18.7 Å². The zero-order chi connectivity index (χ0) is 21.1. The molecule has 154 valence electrons. The number of fused-ring (bicyclic) bond motifs is 1. The lowest BCUT2D eigenvalue weighted by Gasteiger charge is -2.27. The van der Waals surface area contributed by atoms with Crippen molar-refractivity contribution in [3.63, 3.8) is 0 Å². The summed E-state index contributed by atoms with van der Waals surface area (Å²) in [5.41, 5.74) is 1.92. The van der Waals surface area contributed by atoms with Crippen LogP contribution in [0, 0.1) is 11.6 Å². The lowest BCUT2D eigenvalue weighted by molar-refractivity contribution is -0.133. The van der Waals surface area contributed by atoms with Gasteiger partial charge in [0.15, 0.2) is 0 Å². The van der Waals surface area contributed by atoms with Crippen LogP contribution in [0.15, 0.2) is 53.9 Å². The van der Waals surface area contributed by atoms with Crippen LogP contribution < -0.4 is 5.32 Å². The molecule has 3 aromatic rings. The van der Waals surface area contributed by atoms with E-state index in [2.05, 4.69) is 5.32 Å². The van der Waals surface area contributed by atoms with Crippen LogP contribution in [-0.2, 0) is 22.6 Å². The molecule has 0 bridgehead atoms. The van der Waals surface area contributed by atoms with Gasteiger partial charge in [0.1, 0.15) is 11.6 Å². The molecule has 1 N–H and O–H groups in total. The van der Waals surface area contributed by atoms with Crippen LogP contribution in [0.3, 0.4) is 0 Å². The van der Waals surface area contributed by atoms with E-state index in [1.54, 1.807) is 46.6 Å². The van der Waals surface area contributed by atoms with Crippen LogP contribution in [0.4, 0.5) is 14.5 Å². The zero-order valence-corrected chi connectivity index (χ0v) is 17.0. The molecule has 30 heavy (non-hydrogen) atoms. The van der Waals surface area contributed by atoms with Crippen LogP contribution in [0.1, 0.15) is 23.3 Å². The maximum Gasteiger partial charge on any atom is 0.224 e. The van der Waals surface area contributed by atoms with E-state index < -0.39 is 17.5 Å². The normalized spacial score (nSPS) is 13.1. The van der Waals surface area contributed by atoms with Gasteiger partial charge in [-0.2, -0.15) is 0 Å². The summed E-state index contributed by atoms with van der Waals surface area (Å²) in [5, 5.41) is 4.55. The minimum Gasteiger partial charge on any atom is -0.338 e. The summed E-state index contributed by atoms with van der Waals surface area (Å²) in [7, 11) is 0. The number of thiophene rings is 1. The van der Waals surface area contributed by atoms with Gasteiger partial charge in [0.2, 0.25) is 11.8 Å². The maximum absolute atomic E-state index is 14.4. The number of halogens is 2. The van der Waals surface area contributed by atoms with Crippen molar-refractivity contribution in [2.75, 3.05) is 11.9 Å². The standard InChI is InChI=1S/C23H20F2N2O2S/c24-17-12-18(15-4-2-1-3-5-15)23(19(25)13-17)26-21(28)6-7-22(29)27-10-8-20-16(14-27)9-11-30-20/h1-5,9,11-13H,6-8,10,14H2,(H,26,28). The summed E-state index contributed by atoms with van der Waals surface area (Å²) in [4.78, 5) is 28.0. The minimum atomic E-state index is -0.852. The number of hydrogen-bond acceptors (Lipinski definition) is 3. The Morgan fingerprint density at radius 3 is 2.67 bits per heavy atom. The zero-order valence-electron chi connectivity index (χ0n) is 16.2. The molecule has 0 unspecified atom stereocenters. The first kappa shape index (κ1) is 20.2. The Labute approximate surface area is 177 Å². The molecular weight excluding hydrogens is 406 g/mol. The number of rotatable bonds is 5. The first-order valence-corrected chi connectivity index (χ1v) is 10.6. The summed E-state index contributed by atoms with van der Waals surface area (Å²) < 4.78 is 28.2. The quantitative estimate of drug-likeness (QED) is 0.624. The Kier molecular flexibility index (Phi) is 5.90. The Hall–Kier alpha value is -3.06. The van der Waals surface area contributed by atoms with Crippen molar-refractivity contribution in [2.24, 2.45) is 0 Å². The van der Waals surface area contributed by atoms with E-state index in [9.17, 15) is 18.4 Å². The molecule has 2 aromatic carbocycles. The van der Waals surface area contributed by atoms with Gasteiger partial charge in [-0.25, -0.2) is 8.78 Å². The molecule has 0 fully saturated rings. The third-order valence-corrected chi connectivity index (χ3v) is 6.15. The molecule has 0 aliphatic carbocycles. The third-order valence-electron chi connectivity index (χ3n) is 5.13. The molecule has 2 heterocycles. The van der Waals surface area contributed by atoms with Crippen molar-refractivity contribution in [1.82, 2.24) is 4.90 Å². The molecule has 1 aliphatic rings. The van der Waals surface area contributed by atoms with Crippen molar-refractivity contribution in [3.8, 4) is 11.1 Å². The summed E-state index contributed by atoms with van der Waals surface area (Å²) >= 11 is 1.70. The van der Waals surface area contributed by atoms with Gasteiger partial charge in [0.05, 0.1) is 5.69 Å². The fourth-order valence-electron chi connectivity index (χ4n) is 3.59. The van der Waals surface area contributed by atoms with Crippen LogP contribution in [0.5, 0.6) is 0 Å². The Morgan fingerprint density at radius 1 is 1.07 bits per heavy atom. The number of amides is 2. The van der Waals surface area contributed by atoms with Crippen molar-refractivity contribution >= 4 is 28.8 Å². The van der Waals surface area contributed by atoms with E-state index in [1.807, 2.05) is 11.4 Å².